The lowest BCUT2D eigenvalue weighted by atomic mass is 10.2. The molecule has 7 heteroatoms. The van der Waals surface area contributed by atoms with Crippen molar-refractivity contribution in [1.29, 1.82) is 0 Å². The summed E-state index contributed by atoms with van der Waals surface area (Å²) in [5, 5.41) is 3.99. The molecule has 0 atom stereocenters. The van der Waals surface area contributed by atoms with Crippen LogP contribution in [0.5, 0.6) is 5.75 Å². The zero-order valence-corrected chi connectivity index (χ0v) is 12.1. The van der Waals surface area contributed by atoms with Crippen molar-refractivity contribution in [2.24, 2.45) is 5.73 Å². The molecule has 0 heterocycles. The molecular weight excluding hydrogens is 291 g/mol. The highest BCUT2D eigenvalue weighted by Gasteiger charge is 2.11. The van der Waals surface area contributed by atoms with Gasteiger partial charge in [0.05, 0.1) is 11.6 Å². The predicted molar refractivity (Wildman–Crippen MR) is 74.7 cm³/mol. The number of methoxy groups -OCH3 is 1. The van der Waals surface area contributed by atoms with Crippen molar-refractivity contribution < 1.29 is 14.3 Å². The molecule has 0 aliphatic rings. The SMILES string of the molecule is COCCNCc1cc(Cl)cc(Cl)c1OCC(N)=O. The van der Waals surface area contributed by atoms with Gasteiger partial charge in [-0.05, 0) is 12.1 Å². The van der Waals surface area contributed by atoms with Crippen LogP contribution in [0.2, 0.25) is 10.0 Å². The van der Waals surface area contributed by atoms with Gasteiger partial charge in [-0.3, -0.25) is 4.79 Å². The fourth-order valence-corrected chi connectivity index (χ4v) is 2.04. The van der Waals surface area contributed by atoms with Crippen LogP contribution in [0.15, 0.2) is 12.1 Å². The van der Waals surface area contributed by atoms with Gasteiger partial charge in [0.15, 0.2) is 6.61 Å². The Hall–Kier alpha value is -1.01. The van der Waals surface area contributed by atoms with Gasteiger partial charge >= 0.3 is 0 Å². The molecule has 1 aromatic rings. The van der Waals surface area contributed by atoms with E-state index in [1.165, 1.54) is 0 Å². The van der Waals surface area contributed by atoms with E-state index in [-0.39, 0.29) is 6.61 Å². The minimum atomic E-state index is -0.565. The number of primary amides is 1. The first-order chi connectivity index (χ1) is 9.04. The molecule has 19 heavy (non-hydrogen) atoms. The minimum absolute atomic E-state index is 0.230. The van der Waals surface area contributed by atoms with Crippen molar-refractivity contribution in [3.8, 4) is 5.75 Å². The molecular formula is C12H16Cl2N2O3. The smallest absolute Gasteiger partial charge is 0.255 e. The normalized spacial score (nSPS) is 10.5. The van der Waals surface area contributed by atoms with Gasteiger partial charge in [-0.1, -0.05) is 23.2 Å². The number of nitrogens with two attached hydrogens (primary N) is 1. The summed E-state index contributed by atoms with van der Waals surface area (Å²) in [5.74, 6) is -0.154. The van der Waals surface area contributed by atoms with Gasteiger partial charge in [0.25, 0.3) is 5.91 Å². The van der Waals surface area contributed by atoms with Crippen LogP contribution in [-0.4, -0.2) is 32.8 Å². The Morgan fingerprint density at radius 3 is 2.79 bits per heavy atom. The highest BCUT2D eigenvalue weighted by Crippen LogP contribution is 2.32. The third-order valence-corrected chi connectivity index (χ3v) is 2.74. The molecule has 106 valence electrons. The molecule has 0 bridgehead atoms. The van der Waals surface area contributed by atoms with Crippen molar-refractivity contribution in [2.75, 3.05) is 26.9 Å². The first-order valence-electron chi connectivity index (χ1n) is 5.63. The number of ether oxygens (including phenoxy) is 2. The molecule has 0 saturated carbocycles. The summed E-state index contributed by atoms with van der Waals surface area (Å²) in [6.45, 7) is 1.53. The maximum atomic E-state index is 10.8. The molecule has 1 rings (SSSR count). The first kappa shape index (κ1) is 16.0. The van der Waals surface area contributed by atoms with Crippen molar-refractivity contribution in [1.82, 2.24) is 5.32 Å². The van der Waals surface area contributed by atoms with Gasteiger partial charge in [-0.15, -0.1) is 0 Å². The van der Waals surface area contributed by atoms with E-state index in [4.69, 9.17) is 38.4 Å². The number of benzene rings is 1. The molecule has 5 nitrogen and oxygen atoms in total. The van der Waals surface area contributed by atoms with E-state index in [0.717, 1.165) is 5.56 Å². The number of carbonyl (C=O) groups is 1. The van der Waals surface area contributed by atoms with Crippen LogP contribution in [0.4, 0.5) is 0 Å². The van der Waals surface area contributed by atoms with E-state index in [0.29, 0.717) is 35.5 Å². The number of rotatable bonds is 8. The summed E-state index contributed by atoms with van der Waals surface area (Å²) in [6.07, 6.45) is 0. The average molecular weight is 307 g/mol. The largest absolute Gasteiger partial charge is 0.482 e. The Bertz CT molecular complexity index is 441. The average Bonchev–Trinajstić information content (AvgIpc) is 2.33. The molecule has 3 N–H and O–H groups in total. The molecule has 0 aliphatic carbocycles. The van der Waals surface area contributed by atoms with Crippen molar-refractivity contribution in [3.05, 3.63) is 27.7 Å². The first-order valence-corrected chi connectivity index (χ1v) is 6.39. The van der Waals surface area contributed by atoms with E-state index in [9.17, 15) is 4.79 Å². The number of amides is 1. The number of carbonyl (C=O) groups excluding carboxylic acids is 1. The second-order valence-electron chi connectivity index (χ2n) is 3.80. The predicted octanol–water partition coefficient (Wildman–Crippen LogP) is 1.59. The fraction of sp³-hybridized carbons (Fsp3) is 0.417. The maximum absolute atomic E-state index is 10.8. The molecule has 0 radical (unpaired) electrons. The Balaban J connectivity index is 2.77. The summed E-state index contributed by atoms with van der Waals surface area (Å²) in [5.41, 5.74) is 5.80. The monoisotopic (exact) mass is 306 g/mol. The number of nitrogens with one attached hydrogen (secondary N) is 1. The number of hydrogen-bond donors (Lipinski definition) is 2. The second-order valence-corrected chi connectivity index (χ2v) is 4.64. The van der Waals surface area contributed by atoms with E-state index < -0.39 is 5.91 Å². The summed E-state index contributed by atoms with van der Waals surface area (Å²) in [4.78, 5) is 10.8. The van der Waals surface area contributed by atoms with Gasteiger partial charge in [0.1, 0.15) is 5.75 Å². The maximum Gasteiger partial charge on any atom is 0.255 e. The van der Waals surface area contributed by atoms with Gasteiger partial charge in [0.2, 0.25) is 0 Å². The van der Waals surface area contributed by atoms with Crippen LogP contribution in [-0.2, 0) is 16.1 Å². The van der Waals surface area contributed by atoms with Gasteiger partial charge in [-0.2, -0.15) is 0 Å². The Morgan fingerprint density at radius 2 is 2.16 bits per heavy atom. The molecule has 0 unspecified atom stereocenters. The fourth-order valence-electron chi connectivity index (χ4n) is 1.45. The third kappa shape index (κ3) is 5.65. The molecule has 0 spiro atoms. The third-order valence-electron chi connectivity index (χ3n) is 2.24. The van der Waals surface area contributed by atoms with Crippen LogP contribution in [0.3, 0.4) is 0 Å². The van der Waals surface area contributed by atoms with Gasteiger partial charge < -0.3 is 20.5 Å². The zero-order valence-electron chi connectivity index (χ0n) is 10.5. The second kappa shape index (κ2) is 8.22. The lowest BCUT2D eigenvalue weighted by Gasteiger charge is -2.13. The van der Waals surface area contributed by atoms with Crippen LogP contribution in [0.1, 0.15) is 5.56 Å². The van der Waals surface area contributed by atoms with Crippen molar-refractivity contribution >= 4 is 29.1 Å². The highest BCUT2D eigenvalue weighted by molar-refractivity contribution is 6.35. The Labute approximate surface area is 122 Å². The Morgan fingerprint density at radius 1 is 1.42 bits per heavy atom. The lowest BCUT2D eigenvalue weighted by Crippen LogP contribution is -2.22. The van der Waals surface area contributed by atoms with E-state index >= 15 is 0 Å². The zero-order chi connectivity index (χ0) is 14.3. The van der Waals surface area contributed by atoms with E-state index in [2.05, 4.69) is 5.32 Å². The number of hydrogen-bond acceptors (Lipinski definition) is 4. The summed E-state index contributed by atoms with van der Waals surface area (Å²) >= 11 is 12.0. The Kier molecular flexibility index (Phi) is 6.94. The molecule has 0 aromatic heterocycles. The van der Waals surface area contributed by atoms with Gasteiger partial charge in [-0.25, -0.2) is 0 Å². The molecule has 1 amide bonds. The lowest BCUT2D eigenvalue weighted by molar-refractivity contribution is -0.119. The van der Waals surface area contributed by atoms with E-state index in [1.807, 2.05) is 0 Å². The minimum Gasteiger partial charge on any atom is -0.482 e. The topological polar surface area (TPSA) is 73.6 Å². The van der Waals surface area contributed by atoms with Crippen molar-refractivity contribution in [3.63, 3.8) is 0 Å². The summed E-state index contributed by atoms with van der Waals surface area (Å²) in [7, 11) is 1.62. The van der Waals surface area contributed by atoms with E-state index in [1.54, 1.807) is 19.2 Å². The van der Waals surface area contributed by atoms with Crippen molar-refractivity contribution in [2.45, 2.75) is 6.54 Å². The van der Waals surface area contributed by atoms with Crippen LogP contribution in [0, 0.1) is 0 Å². The van der Waals surface area contributed by atoms with Gasteiger partial charge in [0, 0.05) is 30.8 Å². The van der Waals surface area contributed by atoms with Crippen LogP contribution >= 0.6 is 23.2 Å². The van der Waals surface area contributed by atoms with Crippen LogP contribution < -0.4 is 15.8 Å². The van der Waals surface area contributed by atoms with Crippen LogP contribution in [0.25, 0.3) is 0 Å². The molecule has 1 aromatic carbocycles. The highest BCUT2D eigenvalue weighted by atomic mass is 35.5. The summed E-state index contributed by atoms with van der Waals surface area (Å²) < 4.78 is 10.2. The molecule has 0 aliphatic heterocycles. The standard InChI is InChI=1S/C12H16Cl2N2O3/c1-18-3-2-16-6-8-4-9(13)5-10(14)12(8)19-7-11(15)17/h4-5,16H,2-3,6-7H2,1H3,(H2,15,17). The summed E-state index contributed by atoms with van der Waals surface area (Å²) in [6, 6.07) is 3.28. The number of halogens is 2. The quantitative estimate of drug-likeness (QED) is 0.715. The molecule has 0 saturated heterocycles. The molecule has 0 fully saturated rings.